The molecule has 148 valence electrons. The van der Waals surface area contributed by atoms with Crippen molar-refractivity contribution in [3.63, 3.8) is 0 Å². The number of carbonyl (C=O) groups excluding carboxylic acids is 1. The highest BCUT2D eigenvalue weighted by Gasteiger charge is 2.41. The molecular formula is C19H13F3N4O3. The van der Waals surface area contributed by atoms with Crippen LogP contribution in [-0.4, -0.2) is 32.3 Å². The van der Waals surface area contributed by atoms with Crippen LogP contribution in [0.3, 0.4) is 0 Å². The third-order valence-electron chi connectivity index (χ3n) is 4.86. The molecule has 1 atom stereocenters. The molecule has 1 aliphatic rings. The third kappa shape index (κ3) is 2.87. The van der Waals surface area contributed by atoms with Crippen molar-refractivity contribution >= 4 is 16.9 Å². The van der Waals surface area contributed by atoms with E-state index >= 15 is 0 Å². The van der Waals surface area contributed by atoms with Gasteiger partial charge in [0, 0.05) is 24.0 Å². The van der Waals surface area contributed by atoms with Crippen molar-refractivity contribution in [1.82, 2.24) is 19.9 Å². The molecule has 4 aromatic rings. The lowest BCUT2D eigenvalue weighted by Crippen LogP contribution is -2.40. The highest BCUT2D eigenvalue weighted by molar-refractivity contribution is 5.92. The van der Waals surface area contributed by atoms with E-state index in [1.807, 2.05) is 18.2 Å². The number of furan rings is 1. The predicted molar refractivity (Wildman–Crippen MR) is 92.9 cm³/mol. The highest BCUT2D eigenvalue weighted by atomic mass is 19.4. The summed E-state index contributed by atoms with van der Waals surface area (Å²) in [5.41, 5.74) is 2.06. The van der Waals surface area contributed by atoms with E-state index in [9.17, 15) is 18.0 Å². The molecule has 0 fully saturated rings. The van der Waals surface area contributed by atoms with E-state index in [1.165, 1.54) is 11.2 Å². The molecule has 0 radical (unpaired) electrons. The number of imidazole rings is 1. The normalized spacial score (nSPS) is 16.9. The molecule has 7 nitrogen and oxygen atoms in total. The summed E-state index contributed by atoms with van der Waals surface area (Å²) in [7, 11) is 0. The average molecular weight is 402 g/mol. The average Bonchev–Trinajstić information content (AvgIpc) is 3.44. The molecule has 10 heteroatoms. The SMILES string of the molecule is O=C(c1cnc(C(F)(F)F)o1)N1CCc2[nH]cnc2[C@H]1c1cc2ccccc2o1. The number of aromatic amines is 1. The van der Waals surface area contributed by atoms with Gasteiger partial charge in [-0.05, 0) is 12.1 Å². The Kier molecular flexibility index (Phi) is 3.76. The zero-order chi connectivity index (χ0) is 20.2. The fraction of sp³-hybridized carbons (Fsp3) is 0.211. The van der Waals surface area contributed by atoms with Crippen LogP contribution >= 0.6 is 0 Å². The van der Waals surface area contributed by atoms with Gasteiger partial charge in [-0.2, -0.15) is 13.2 Å². The summed E-state index contributed by atoms with van der Waals surface area (Å²) in [6.07, 6.45) is -1.99. The number of nitrogens with one attached hydrogen (secondary N) is 1. The van der Waals surface area contributed by atoms with Crippen LogP contribution in [0.1, 0.15) is 39.6 Å². The first-order valence-electron chi connectivity index (χ1n) is 8.76. The van der Waals surface area contributed by atoms with Gasteiger partial charge in [-0.25, -0.2) is 9.97 Å². The van der Waals surface area contributed by atoms with Crippen LogP contribution in [0.2, 0.25) is 0 Å². The fourth-order valence-corrected chi connectivity index (χ4v) is 3.57. The molecule has 0 saturated carbocycles. The molecule has 1 amide bonds. The number of amides is 1. The number of alkyl halides is 3. The minimum Gasteiger partial charge on any atom is -0.458 e. The van der Waals surface area contributed by atoms with E-state index in [2.05, 4.69) is 19.4 Å². The Morgan fingerprint density at radius 1 is 1.21 bits per heavy atom. The molecule has 1 aliphatic heterocycles. The van der Waals surface area contributed by atoms with Crippen molar-refractivity contribution in [3.05, 3.63) is 71.7 Å². The van der Waals surface area contributed by atoms with E-state index < -0.39 is 29.8 Å². The van der Waals surface area contributed by atoms with Gasteiger partial charge in [0.25, 0.3) is 5.91 Å². The van der Waals surface area contributed by atoms with Crippen LogP contribution < -0.4 is 0 Å². The van der Waals surface area contributed by atoms with Crippen molar-refractivity contribution in [2.75, 3.05) is 6.54 Å². The number of halogens is 3. The van der Waals surface area contributed by atoms with Crippen molar-refractivity contribution in [2.45, 2.75) is 18.6 Å². The van der Waals surface area contributed by atoms with Crippen molar-refractivity contribution in [3.8, 4) is 0 Å². The molecule has 1 aromatic carbocycles. The smallest absolute Gasteiger partial charge is 0.458 e. The molecule has 0 saturated heterocycles. The lowest BCUT2D eigenvalue weighted by atomic mass is 10.00. The van der Waals surface area contributed by atoms with Gasteiger partial charge >= 0.3 is 12.1 Å². The van der Waals surface area contributed by atoms with Crippen LogP contribution in [0.15, 0.2) is 51.7 Å². The lowest BCUT2D eigenvalue weighted by Gasteiger charge is -2.33. The Morgan fingerprint density at radius 3 is 2.79 bits per heavy atom. The second-order valence-corrected chi connectivity index (χ2v) is 6.63. The maximum atomic E-state index is 13.0. The quantitative estimate of drug-likeness (QED) is 0.549. The van der Waals surface area contributed by atoms with Crippen LogP contribution in [0.4, 0.5) is 13.2 Å². The van der Waals surface area contributed by atoms with Gasteiger partial charge in [0.05, 0.1) is 18.2 Å². The molecular weight excluding hydrogens is 389 g/mol. The van der Waals surface area contributed by atoms with Crippen LogP contribution in [0.5, 0.6) is 0 Å². The van der Waals surface area contributed by atoms with Crippen LogP contribution in [0.25, 0.3) is 11.0 Å². The summed E-state index contributed by atoms with van der Waals surface area (Å²) in [6, 6.07) is 8.45. The van der Waals surface area contributed by atoms with Crippen LogP contribution in [-0.2, 0) is 12.6 Å². The largest absolute Gasteiger partial charge is 0.468 e. The van der Waals surface area contributed by atoms with Gasteiger partial charge in [-0.15, -0.1) is 0 Å². The van der Waals surface area contributed by atoms with Gasteiger partial charge in [0.1, 0.15) is 17.4 Å². The second kappa shape index (κ2) is 6.23. The Hall–Kier alpha value is -3.56. The number of nitrogens with zero attached hydrogens (tertiary/aromatic N) is 3. The first-order valence-corrected chi connectivity index (χ1v) is 8.76. The van der Waals surface area contributed by atoms with E-state index in [4.69, 9.17) is 4.42 Å². The molecule has 1 N–H and O–H groups in total. The number of benzene rings is 1. The fourth-order valence-electron chi connectivity index (χ4n) is 3.57. The number of hydrogen-bond acceptors (Lipinski definition) is 5. The summed E-state index contributed by atoms with van der Waals surface area (Å²) < 4.78 is 49.1. The lowest BCUT2D eigenvalue weighted by molar-refractivity contribution is -0.157. The van der Waals surface area contributed by atoms with Gasteiger partial charge < -0.3 is 18.7 Å². The molecule has 4 heterocycles. The molecule has 0 spiro atoms. The minimum atomic E-state index is -4.77. The van der Waals surface area contributed by atoms with Crippen molar-refractivity contribution < 1.29 is 26.8 Å². The monoisotopic (exact) mass is 402 g/mol. The van der Waals surface area contributed by atoms with Crippen molar-refractivity contribution in [1.29, 1.82) is 0 Å². The van der Waals surface area contributed by atoms with E-state index in [0.717, 1.165) is 17.3 Å². The third-order valence-corrected chi connectivity index (χ3v) is 4.86. The number of H-pyrrole nitrogens is 1. The molecule has 0 unspecified atom stereocenters. The number of para-hydroxylation sites is 1. The summed E-state index contributed by atoms with van der Waals surface area (Å²) in [6.45, 7) is 0.248. The Morgan fingerprint density at radius 2 is 2.03 bits per heavy atom. The Labute approximate surface area is 161 Å². The Balaban J connectivity index is 1.57. The summed E-state index contributed by atoms with van der Waals surface area (Å²) >= 11 is 0. The van der Waals surface area contributed by atoms with E-state index in [1.54, 1.807) is 12.1 Å². The Bertz CT molecular complexity index is 1170. The van der Waals surface area contributed by atoms with E-state index in [-0.39, 0.29) is 6.54 Å². The number of fused-ring (bicyclic) bond motifs is 2. The zero-order valence-corrected chi connectivity index (χ0v) is 14.7. The van der Waals surface area contributed by atoms with Gasteiger partial charge in [-0.3, -0.25) is 4.79 Å². The first kappa shape index (κ1) is 17.5. The maximum Gasteiger partial charge on any atom is 0.468 e. The van der Waals surface area contributed by atoms with Gasteiger partial charge in [0.15, 0.2) is 0 Å². The topological polar surface area (TPSA) is 88.2 Å². The first-order chi connectivity index (χ1) is 13.9. The summed E-state index contributed by atoms with van der Waals surface area (Å²) in [5, 5.41) is 0.844. The highest BCUT2D eigenvalue weighted by Crippen LogP contribution is 2.37. The molecule has 5 rings (SSSR count). The van der Waals surface area contributed by atoms with Crippen LogP contribution in [0, 0.1) is 0 Å². The number of aromatic nitrogens is 3. The summed E-state index contributed by atoms with van der Waals surface area (Å²) in [4.78, 5) is 25.0. The van der Waals surface area contributed by atoms with E-state index in [0.29, 0.717) is 23.5 Å². The standard InChI is InChI=1S/C19H13F3N4O3/c20-19(21,22)18-23-8-14(29-18)17(27)26-6-5-11-15(25-9-24-11)16(26)13-7-10-3-1-2-4-12(10)28-13/h1-4,7-9,16H,5-6H2,(H,24,25)/t16-/m1/s1. The number of rotatable bonds is 2. The van der Waals surface area contributed by atoms with Crippen molar-refractivity contribution in [2.24, 2.45) is 0 Å². The van der Waals surface area contributed by atoms with Gasteiger partial charge in [-0.1, -0.05) is 18.2 Å². The predicted octanol–water partition coefficient (Wildman–Crippen LogP) is 3.95. The number of oxazole rings is 1. The zero-order valence-electron chi connectivity index (χ0n) is 14.7. The number of carbonyl (C=O) groups is 1. The maximum absolute atomic E-state index is 13.0. The molecule has 3 aromatic heterocycles. The van der Waals surface area contributed by atoms with Gasteiger partial charge in [0.2, 0.25) is 5.76 Å². The molecule has 0 aliphatic carbocycles. The molecule has 0 bridgehead atoms. The minimum absolute atomic E-state index is 0.248. The molecule has 29 heavy (non-hydrogen) atoms. The number of hydrogen-bond donors (Lipinski definition) is 1. The summed E-state index contributed by atoms with van der Waals surface area (Å²) in [5.74, 6) is -2.20. The second-order valence-electron chi connectivity index (χ2n) is 6.63.